The Hall–Kier alpha value is -4.72. The summed E-state index contributed by atoms with van der Waals surface area (Å²) in [5.74, 6) is -1.09. The minimum absolute atomic E-state index is 0.0250. The van der Waals surface area contributed by atoms with Crippen molar-refractivity contribution in [1.82, 2.24) is 0 Å². The average Bonchev–Trinajstić information content (AvgIpc) is 2.84. The summed E-state index contributed by atoms with van der Waals surface area (Å²) < 4.78 is 1.90. The maximum absolute atomic E-state index is 13.2. The monoisotopic (exact) mass is 487 g/mol. The van der Waals surface area contributed by atoms with Crippen LogP contribution < -0.4 is 4.90 Å². The number of ketones is 1. The van der Waals surface area contributed by atoms with Crippen molar-refractivity contribution < 1.29 is 34.5 Å². The van der Waals surface area contributed by atoms with Crippen molar-refractivity contribution in [2.45, 2.75) is 0 Å². The number of aliphatic hydroxyl groups excluding tert-OH is 1. The maximum Gasteiger partial charge on any atom is 0.208 e. The molecule has 0 saturated carbocycles. The van der Waals surface area contributed by atoms with Gasteiger partial charge < -0.3 is 20.2 Å². The molecule has 1 heterocycles. The van der Waals surface area contributed by atoms with Crippen molar-refractivity contribution in [2.75, 3.05) is 31.1 Å². The van der Waals surface area contributed by atoms with E-state index in [9.17, 15) is 20.1 Å². The number of fused-ring (bicyclic) bond motifs is 2. The summed E-state index contributed by atoms with van der Waals surface area (Å²) in [6.07, 6.45) is 9.97. The molecule has 0 radical (unpaired) electrons. The van der Waals surface area contributed by atoms with E-state index in [0.29, 0.717) is 37.6 Å². The fraction of sp³-hybridized carbons (Fsp3) is 0.143. The number of allylic oxidation sites excluding steroid dienone is 4. The van der Waals surface area contributed by atoms with Crippen molar-refractivity contribution in [3.63, 3.8) is 0 Å². The highest BCUT2D eigenvalue weighted by molar-refractivity contribution is 6.40. The van der Waals surface area contributed by atoms with E-state index >= 15 is 0 Å². The summed E-state index contributed by atoms with van der Waals surface area (Å²) in [5, 5.41) is 32.3. The molecule has 0 amide bonds. The summed E-state index contributed by atoms with van der Waals surface area (Å²) >= 11 is 0. The molecule has 1 aromatic carbocycles. The second-order valence-electron chi connectivity index (χ2n) is 8.24. The molecule has 36 heavy (non-hydrogen) atoms. The Balaban J connectivity index is 1.78. The predicted molar refractivity (Wildman–Crippen MR) is 138 cm³/mol. The van der Waals surface area contributed by atoms with Gasteiger partial charge in [-0.25, -0.2) is 4.58 Å². The Labute approximate surface area is 208 Å². The van der Waals surface area contributed by atoms with Gasteiger partial charge in [-0.3, -0.25) is 14.6 Å². The third-order valence-electron chi connectivity index (χ3n) is 5.90. The number of hydrogen-bond donors (Lipinski definition) is 3. The molecule has 4 rings (SSSR count). The Kier molecular flexibility index (Phi) is 6.69. The Morgan fingerprint density at radius 3 is 2.00 bits per heavy atom. The lowest BCUT2D eigenvalue weighted by Crippen LogP contribution is -2.32. The lowest BCUT2D eigenvalue weighted by Gasteiger charge is -2.32. The number of anilines is 1. The van der Waals surface area contributed by atoms with E-state index < -0.39 is 5.78 Å². The first-order valence-electron chi connectivity index (χ1n) is 11.2. The van der Waals surface area contributed by atoms with Crippen molar-refractivity contribution in [2.24, 2.45) is 0 Å². The van der Waals surface area contributed by atoms with Crippen LogP contribution in [0.2, 0.25) is 0 Å². The molecule has 0 fully saturated rings. The van der Waals surface area contributed by atoms with E-state index in [4.69, 9.17) is 9.78 Å². The standard InChI is InChI=1S/C28H26N2O6/c1-5-9-29(10-6-2)17-13-19(31)23(20(32)14-17)25-27(34)26-24-21(33)15-18(30(11-7-3)12-8-4)16-22(24)35-36-28(25)26/h5-8,13-16H,1-4,9-12H2,(H2,31,32,33)/p+1. The van der Waals surface area contributed by atoms with Gasteiger partial charge in [0.2, 0.25) is 17.3 Å². The fourth-order valence-corrected chi connectivity index (χ4v) is 4.33. The van der Waals surface area contributed by atoms with Crippen LogP contribution in [0.3, 0.4) is 0 Å². The molecule has 0 unspecified atom stereocenters. The van der Waals surface area contributed by atoms with Gasteiger partial charge in [-0.1, -0.05) is 25.3 Å². The molecule has 0 aromatic heterocycles. The normalized spacial score (nSPS) is 15.9. The number of carbonyl (C=O) groups excluding carboxylic acids is 1. The molecule has 0 spiro atoms. The molecule has 184 valence electrons. The lowest BCUT2D eigenvalue weighted by molar-refractivity contribution is -0.505. The first kappa shape index (κ1) is 24.4. The van der Waals surface area contributed by atoms with Gasteiger partial charge in [-0.2, -0.15) is 0 Å². The molecule has 0 saturated heterocycles. The second kappa shape index (κ2) is 9.87. The van der Waals surface area contributed by atoms with Crippen LogP contribution >= 0.6 is 0 Å². The zero-order valence-electron chi connectivity index (χ0n) is 19.7. The molecular weight excluding hydrogens is 460 g/mol. The van der Waals surface area contributed by atoms with Crippen LogP contribution in [0.4, 0.5) is 5.69 Å². The smallest absolute Gasteiger partial charge is 0.208 e. The maximum atomic E-state index is 13.2. The van der Waals surface area contributed by atoms with E-state index in [1.807, 2.05) is 9.48 Å². The predicted octanol–water partition coefficient (Wildman–Crippen LogP) is 3.99. The molecule has 1 aliphatic heterocycles. The quantitative estimate of drug-likeness (QED) is 0.261. The molecule has 8 nitrogen and oxygen atoms in total. The van der Waals surface area contributed by atoms with Crippen LogP contribution in [0.15, 0.2) is 103 Å². The summed E-state index contributed by atoms with van der Waals surface area (Å²) in [6, 6.07) is 2.88. The number of aliphatic hydroxyl groups is 1. The number of aromatic hydroxyl groups is 2. The van der Waals surface area contributed by atoms with E-state index in [1.165, 1.54) is 18.2 Å². The summed E-state index contributed by atoms with van der Waals surface area (Å²) in [6.45, 7) is 16.8. The van der Waals surface area contributed by atoms with Crippen LogP contribution in [0.5, 0.6) is 11.5 Å². The highest BCUT2D eigenvalue weighted by atomic mass is 17.2. The van der Waals surface area contributed by atoms with Gasteiger partial charge in [-0.15, -0.1) is 13.2 Å². The van der Waals surface area contributed by atoms with Gasteiger partial charge in [0.05, 0.1) is 34.4 Å². The molecular formula is C28H27N2O6+. The Morgan fingerprint density at radius 1 is 0.833 bits per heavy atom. The average molecular weight is 488 g/mol. The molecule has 0 atom stereocenters. The van der Waals surface area contributed by atoms with Gasteiger partial charge in [0.1, 0.15) is 17.3 Å². The SMILES string of the molecule is C=CCN(CC=C)c1cc(O)c(C2=C3OOC4=CC(=[N+](CC=C)CC=C)C=C(O)C4=C3C2=O)c(O)c1. The Morgan fingerprint density at radius 2 is 1.44 bits per heavy atom. The van der Waals surface area contributed by atoms with E-state index in [-0.39, 0.29) is 51.1 Å². The lowest BCUT2D eigenvalue weighted by atomic mass is 9.78. The number of phenolic OH excluding ortho intramolecular Hbond substituents is 2. The molecule has 1 aromatic rings. The van der Waals surface area contributed by atoms with Gasteiger partial charge in [0.15, 0.2) is 18.8 Å². The number of phenols is 2. The first-order chi connectivity index (χ1) is 17.4. The fourth-order valence-electron chi connectivity index (χ4n) is 4.33. The zero-order valence-corrected chi connectivity index (χ0v) is 19.7. The zero-order chi connectivity index (χ0) is 26.0. The topological polar surface area (TPSA) is 102 Å². The van der Waals surface area contributed by atoms with Crippen molar-refractivity contribution >= 4 is 22.8 Å². The van der Waals surface area contributed by atoms with Crippen molar-refractivity contribution in [3.8, 4) is 11.5 Å². The summed E-state index contributed by atoms with van der Waals surface area (Å²) in [7, 11) is 0. The van der Waals surface area contributed by atoms with Crippen LogP contribution in [-0.4, -0.2) is 57.6 Å². The van der Waals surface area contributed by atoms with E-state index in [0.717, 1.165) is 0 Å². The largest absolute Gasteiger partial charge is 0.507 e. The molecule has 0 bridgehead atoms. The number of Topliss-reactive ketones (excluding diaryl/α,β-unsaturated/α-hetero) is 1. The number of rotatable bonds is 10. The summed E-state index contributed by atoms with van der Waals surface area (Å²) in [5.41, 5.74) is 1.33. The van der Waals surface area contributed by atoms with Crippen molar-refractivity contribution in [3.05, 3.63) is 109 Å². The van der Waals surface area contributed by atoms with E-state index in [2.05, 4.69) is 26.3 Å². The van der Waals surface area contributed by atoms with Crippen molar-refractivity contribution in [1.29, 1.82) is 0 Å². The first-order valence-corrected chi connectivity index (χ1v) is 11.2. The van der Waals surface area contributed by atoms with Gasteiger partial charge in [0, 0.05) is 30.9 Å². The highest BCUT2D eigenvalue weighted by Gasteiger charge is 2.48. The minimum Gasteiger partial charge on any atom is -0.507 e. The Bertz CT molecular complexity index is 1310. The number of nitrogens with zero attached hydrogens (tertiary/aromatic N) is 2. The van der Waals surface area contributed by atoms with Crippen LogP contribution in [0, 0.1) is 0 Å². The van der Waals surface area contributed by atoms with Gasteiger partial charge in [0.25, 0.3) is 0 Å². The van der Waals surface area contributed by atoms with Gasteiger partial charge in [-0.05, 0) is 12.2 Å². The third-order valence-corrected chi connectivity index (χ3v) is 5.90. The van der Waals surface area contributed by atoms with Crippen LogP contribution in [0.25, 0.3) is 5.57 Å². The summed E-state index contributed by atoms with van der Waals surface area (Å²) in [4.78, 5) is 25.9. The second-order valence-corrected chi connectivity index (χ2v) is 8.24. The molecule has 2 aliphatic carbocycles. The number of carbonyl (C=O) groups is 1. The molecule has 8 heteroatoms. The third kappa shape index (κ3) is 4.02. The molecule has 3 N–H and O–H groups in total. The number of benzene rings is 1. The van der Waals surface area contributed by atoms with E-state index in [1.54, 1.807) is 30.4 Å². The highest BCUT2D eigenvalue weighted by Crippen LogP contribution is 2.51. The number of hydrogen-bond acceptors (Lipinski definition) is 7. The van der Waals surface area contributed by atoms with Crippen LogP contribution in [-0.2, 0) is 14.6 Å². The van der Waals surface area contributed by atoms with Gasteiger partial charge >= 0.3 is 0 Å². The van der Waals surface area contributed by atoms with Crippen LogP contribution in [0.1, 0.15) is 5.56 Å². The molecule has 3 aliphatic rings. The minimum atomic E-state index is -0.501.